The third-order valence-corrected chi connectivity index (χ3v) is 4.62. The lowest BCUT2D eigenvalue weighted by atomic mass is 10.0. The predicted octanol–water partition coefficient (Wildman–Crippen LogP) is 4.16. The molecule has 0 aliphatic carbocycles. The molecule has 1 unspecified atom stereocenters. The van der Waals surface area contributed by atoms with Crippen molar-refractivity contribution >= 4 is 11.8 Å². The monoisotopic (exact) mass is 433 g/mol. The molecule has 1 atom stereocenters. The van der Waals surface area contributed by atoms with E-state index in [-0.39, 0.29) is 24.3 Å². The van der Waals surface area contributed by atoms with Crippen LogP contribution in [0.3, 0.4) is 0 Å². The van der Waals surface area contributed by atoms with Crippen molar-refractivity contribution in [3.8, 4) is 17.4 Å². The van der Waals surface area contributed by atoms with E-state index in [1.165, 1.54) is 6.92 Å². The first-order chi connectivity index (χ1) is 15.5. The molecule has 166 valence electrons. The summed E-state index contributed by atoms with van der Waals surface area (Å²) < 4.78 is 11.4. The first-order valence-corrected chi connectivity index (χ1v) is 10.5. The van der Waals surface area contributed by atoms with Gasteiger partial charge in [-0.25, -0.2) is 4.98 Å². The number of pyridine rings is 1. The number of rotatable bonds is 10. The number of aromatic nitrogens is 1. The molecule has 0 spiro atoms. The van der Waals surface area contributed by atoms with Gasteiger partial charge in [0, 0.05) is 25.7 Å². The molecule has 7 nitrogen and oxygen atoms in total. The molecule has 3 aromatic rings. The maximum absolute atomic E-state index is 12.5. The summed E-state index contributed by atoms with van der Waals surface area (Å²) in [4.78, 5) is 28.3. The molecule has 32 heavy (non-hydrogen) atoms. The summed E-state index contributed by atoms with van der Waals surface area (Å²) in [6.07, 6.45) is 1.80. The Morgan fingerprint density at radius 1 is 0.969 bits per heavy atom. The van der Waals surface area contributed by atoms with Gasteiger partial charge in [0.1, 0.15) is 0 Å². The molecule has 2 N–H and O–H groups in total. The Hall–Kier alpha value is -3.87. The standard InChI is InChI=1S/C25H27N3O4/c1-3-31-22-11-7-8-12-23(22)32-25-14-13-19(17-27-25)16-26-24(30)15-21(28-18(2)29)20-9-5-4-6-10-20/h4-14,17,21H,3,15-16H2,1-2H3,(H,26,30)(H,28,29). The van der Waals surface area contributed by atoms with Crippen molar-refractivity contribution in [1.29, 1.82) is 0 Å². The fraction of sp³-hybridized carbons (Fsp3) is 0.240. The van der Waals surface area contributed by atoms with Gasteiger partial charge in [-0.2, -0.15) is 0 Å². The number of hydrogen-bond donors (Lipinski definition) is 2. The highest BCUT2D eigenvalue weighted by Gasteiger charge is 2.17. The maximum atomic E-state index is 12.5. The van der Waals surface area contributed by atoms with Crippen molar-refractivity contribution in [2.45, 2.75) is 32.9 Å². The number of nitrogens with zero attached hydrogens (tertiary/aromatic N) is 1. The molecule has 0 aliphatic rings. The van der Waals surface area contributed by atoms with Crippen LogP contribution < -0.4 is 20.1 Å². The molecule has 0 radical (unpaired) electrons. The number of carbonyl (C=O) groups is 2. The second kappa shape index (κ2) is 11.5. The van der Waals surface area contributed by atoms with Crippen LogP contribution >= 0.6 is 0 Å². The molecule has 0 saturated heterocycles. The minimum absolute atomic E-state index is 0.145. The zero-order chi connectivity index (χ0) is 22.8. The zero-order valence-electron chi connectivity index (χ0n) is 18.2. The molecular formula is C25H27N3O4. The number of nitrogens with one attached hydrogen (secondary N) is 2. The Bertz CT molecular complexity index is 1020. The summed E-state index contributed by atoms with van der Waals surface area (Å²) in [5, 5.41) is 5.71. The average Bonchev–Trinajstić information content (AvgIpc) is 2.80. The van der Waals surface area contributed by atoms with Gasteiger partial charge in [-0.1, -0.05) is 48.5 Å². The van der Waals surface area contributed by atoms with Crippen molar-refractivity contribution in [3.05, 3.63) is 84.1 Å². The summed E-state index contributed by atoms with van der Waals surface area (Å²) in [7, 11) is 0. The van der Waals surface area contributed by atoms with Crippen LogP contribution in [0.15, 0.2) is 72.9 Å². The van der Waals surface area contributed by atoms with E-state index in [0.29, 0.717) is 30.5 Å². The van der Waals surface area contributed by atoms with Gasteiger partial charge < -0.3 is 20.1 Å². The van der Waals surface area contributed by atoms with Crippen LogP contribution in [-0.2, 0) is 16.1 Å². The zero-order valence-corrected chi connectivity index (χ0v) is 18.2. The molecule has 0 aliphatic heterocycles. The quantitative estimate of drug-likeness (QED) is 0.501. The fourth-order valence-corrected chi connectivity index (χ4v) is 3.14. The highest BCUT2D eigenvalue weighted by atomic mass is 16.5. The predicted molar refractivity (Wildman–Crippen MR) is 121 cm³/mol. The molecule has 2 aromatic carbocycles. The van der Waals surface area contributed by atoms with Crippen molar-refractivity contribution in [2.75, 3.05) is 6.61 Å². The molecule has 0 bridgehead atoms. The first kappa shape index (κ1) is 22.8. The Morgan fingerprint density at radius 2 is 1.69 bits per heavy atom. The van der Waals surface area contributed by atoms with Gasteiger partial charge in [0.15, 0.2) is 11.5 Å². The maximum Gasteiger partial charge on any atom is 0.222 e. The number of ether oxygens (including phenoxy) is 2. The van der Waals surface area contributed by atoms with Crippen LogP contribution in [0.5, 0.6) is 17.4 Å². The Morgan fingerprint density at radius 3 is 2.34 bits per heavy atom. The van der Waals surface area contributed by atoms with Gasteiger partial charge in [-0.15, -0.1) is 0 Å². The number of carbonyl (C=O) groups excluding carboxylic acids is 2. The van der Waals surface area contributed by atoms with Crippen molar-refractivity contribution in [3.63, 3.8) is 0 Å². The third-order valence-electron chi connectivity index (χ3n) is 4.62. The van der Waals surface area contributed by atoms with Crippen LogP contribution in [0, 0.1) is 0 Å². The fourth-order valence-electron chi connectivity index (χ4n) is 3.14. The summed E-state index contributed by atoms with van der Waals surface area (Å²) in [6.45, 7) is 4.22. The van der Waals surface area contributed by atoms with E-state index in [4.69, 9.17) is 9.47 Å². The first-order valence-electron chi connectivity index (χ1n) is 10.5. The van der Waals surface area contributed by atoms with E-state index in [1.807, 2.05) is 67.6 Å². The van der Waals surface area contributed by atoms with E-state index in [1.54, 1.807) is 12.3 Å². The van der Waals surface area contributed by atoms with Crippen LogP contribution in [0.25, 0.3) is 0 Å². The van der Waals surface area contributed by atoms with E-state index in [0.717, 1.165) is 11.1 Å². The van der Waals surface area contributed by atoms with Crippen LogP contribution in [-0.4, -0.2) is 23.4 Å². The summed E-state index contributed by atoms with van der Waals surface area (Å²) >= 11 is 0. The lowest BCUT2D eigenvalue weighted by Gasteiger charge is -2.18. The van der Waals surface area contributed by atoms with E-state index in [9.17, 15) is 9.59 Å². The van der Waals surface area contributed by atoms with Crippen LogP contribution in [0.2, 0.25) is 0 Å². The Kier molecular flexibility index (Phi) is 8.20. The van der Waals surface area contributed by atoms with Gasteiger partial charge in [-0.05, 0) is 30.2 Å². The smallest absolute Gasteiger partial charge is 0.222 e. The normalized spacial score (nSPS) is 11.3. The lowest BCUT2D eigenvalue weighted by Crippen LogP contribution is -2.32. The van der Waals surface area contributed by atoms with E-state index >= 15 is 0 Å². The topological polar surface area (TPSA) is 89.5 Å². The molecule has 1 aromatic heterocycles. The van der Waals surface area contributed by atoms with Crippen molar-refractivity contribution in [2.24, 2.45) is 0 Å². The van der Waals surface area contributed by atoms with Gasteiger partial charge in [0.2, 0.25) is 17.7 Å². The largest absolute Gasteiger partial charge is 0.490 e. The average molecular weight is 434 g/mol. The number of hydrogen-bond acceptors (Lipinski definition) is 5. The molecule has 7 heteroatoms. The Balaban J connectivity index is 1.55. The van der Waals surface area contributed by atoms with Crippen molar-refractivity contribution in [1.82, 2.24) is 15.6 Å². The molecule has 2 amide bonds. The summed E-state index contributed by atoms with van der Waals surface area (Å²) in [6, 6.07) is 20.0. The molecular weight excluding hydrogens is 406 g/mol. The number of para-hydroxylation sites is 2. The molecule has 1 heterocycles. The number of benzene rings is 2. The Labute approximate surface area is 187 Å². The van der Waals surface area contributed by atoms with Gasteiger partial charge in [0.05, 0.1) is 19.1 Å². The minimum atomic E-state index is -0.381. The van der Waals surface area contributed by atoms with Crippen LogP contribution in [0.1, 0.15) is 37.4 Å². The lowest BCUT2D eigenvalue weighted by molar-refractivity contribution is -0.122. The summed E-state index contributed by atoms with van der Waals surface area (Å²) in [5.41, 5.74) is 1.72. The van der Waals surface area contributed by atoms with Crippen LogP contribution in [0.4, 0.5) is 0 Å². The highest BCUT2D eigenvalue weighted by molar-refractivity contribution is 5.79. The number of amides is 2. The molecule has 0 fully saturated rings. The third kappa shape index (κ3) is 6.84. The summed E-state index contributed by atoms with van der Waals surface area (Å²) in [5.74, 6) is 1.33. The molecule has 0 saturated carbocycles. The second-order valence-electron chi connectivity index (χ2n) is 7.13. The van der Waals surface area contributed by atoms with E-state index in [2.05, 4.69) is 15.6 Å². The SMILES string of the molecule is CCOc1ccccc1Oc1ccc(CNC(=O)CC(NC(C)=O)c2ccccc2)cn1. The minimum Gasteiger partial charge on any atom is -0.490 e. The second-order valence-corrected chi connectivity index (χ2v) is 7.13. The van der Waals surface area contributed by atoms with Gasteiger partial charge >= 0.3 is 0 Å². The van der Waals surface area contributed by atoms with E-state index < -0.39 is 0 Å². The van der Waals surface area contributed by atoms with Crippen molar-refractivity contribution < 1.29 is 19.1 Å². The molecule has 3 rings (SSSR count). The highest BCUT2D eigenvalue weighted by Crippen LogP contribution is 2.30. The van der Waals surface area contributed by atoms with Gasteiger partial charge in [0.25, 0.3) is 0 Å². The van der Waals surface area contributed by atoms with Gasteiger partial charge in [-0.3, -0.25) is 9.59 Å².